The van der Waals surface area contributed by atoms with Gasteiger partial charge >= 0.3 is 5.97 Å². The molecular formula is C22H23N7O4S. The topological polar surface area (TPSA) is 126 Å². The molecule has 2 aliphatic rings. The summed E-state index contributed by atoms with van der Waals surface area (Å²) in [5.41, 5.74) is 0.727. The SMILES string of the molecule is CC(=O)Nc1cnn(C2CN(c3cc(C)c4c(=O)c(C(=O)O)cn(C5SC=CN5C)c4n3)C2)c1. The molecule has 1 saturated heterocycles. The summed E-state index contributed by atoms with van der Waals surface area (Å²) in [6.45, 7) is 4.58. The van der Waals surface area contributed by atoms with Gasteiger partial charge in [-0.3, -0.25) is 14.3 Å². The fourth-order valence-electron chi connectivity index (χ4n) is 4.23. The minimum absolute atomic E-state index is 0.123. The lowest BCUT2D eigenvalue weighted by atomic mass is 10.1. The van der Waals surface area contributed by atoms with Crippen LogP contribution >= 0.6 is 11.8 Å². The molecule has 5 rings (SSSR count). The average molecular weight is 482 g/mol. The molecule has 0 aliphatic carbocycles. The van der Waals surface area contributed by atoms with Crippen molar-refractivity contribution in [1.29, 1.82) is 0 Å². The molecule has 1 atom stereocenters. The Morgan fingerprint density at radius 3 is 2.68 bits per heavy atom. The molecule has 0 aromatic carbocycles. The fourth-order valence-corrected chi connectivity index (χ4v) is 5.19. The highest BCUT2D eigenvalue weighted by Gasteiger charge is 2.32. The van der Waals surface area contributed by atoms with Gasteiger partial charge in [0.05, 0.1) is 23.3 Å². The molecule has 0 saturated carbocycles. The number of fused-ring (bicyclic) bond motifs is 1. The van der Waals surface area contributed by atoms with Gasteiger partial charge in [-0.05, 0) is 24.0 Å². The summed E-state index contributed by atoms with van der Waals surface area (Å²) in [7, 11) is 1.89. The Morgan fingerprint density at radius 2 is 2.03 bits per heavy atom. The summed E-state index contributed by atoms with van der Waals surface area (Å²) in [6, 6.07) is 1.95. The number of thioether (sulfide) groups is 1. The number of carbonyl (C=O) groups is 2. The third kappa shape index (κ3) is 3.69. The number of amides is 1. The Hall–Kier alpha value is -3.80. The van der Waals surface area contributed by atoms with Crippen LogP contribution in [-0.4, -0.2) is 61.4 Å². The third-order valence-electron chi connectivity index (χ3n) is 5.96. The van der Waals surface area contributed by atoms with Crippen LogP contribution in [0.4, 0.5) is 11.5 Å². The predicted molar refractivity (Wildman–Crippen MR) is 129 cm³/mol. The molecule has 1 amide bonds. The molecule has 3 aromatic rings. The predicted octanol–water partition coefficient (Wildman–Crippen LogP) is 2.23. The zero-order valence-electron chi connectivity index (χ0n) is 18.8. The van der Waals surface area contributed by atoms with Gasteiger partial charge in [0, 0.05) is 45.7 Å². The van der Waals surface area contributed by atoms with Gasteiger partial charge in [-0.15, -0.1) is 0 Å². The molecule has 2 N–H and O–H groups in total. The Balaban J connectivity index is 1.50. The van der Waals surface area contributed by atoms with Gasteiger partial charge in [-0.25, -0.2) is 9.78 Å². The second kappa shape index (κ2) is 8.20. The van der Waals surface area contributed by atoms with Crippen molar-refractivity contribution >= 4 is 46.2 Å². The van der Waals surface area contributed by atoms with E-state index in [4.69, 9.17) is 4.98 Å². The second-order valence-electron chi connectivity index (χ2n) is 8.44. The lowest BCUT2D eigenvalue weighted by molar-refractivity contribution is -0.114. The zero-order chi connectivity index (χ0) is 24.1. The Bertz CT molecular complexity index is 1410. The van der Waals surface area contributed by atoms with Crippen molar-refractivity contribution in [1.82, 2.24) is 24.2 Å². The lowest BCUT2D eigenvalue weighted by Crippen LogP contribution is -2.48. The largest absolute Gasteiger partial charge is 0.477 e. The van der Waals surface area contributed by atoms with E-state index < -0.39 is 11.4 Å². The van der Waals surface area contributed by atoms with E-state index >= 15 is 0 Å². The maximum atomic E-state index is 13.0. The highest BCUT2D eigenvalue weighted by Crippen LogP contribution is 2.36. The molecule has 0 bridgehead atoms. The van der Waals surface area contributed by atoms with Gasteiger partial charge in [-0.1, -0.05) is 11.8 Å². The number of carboxylic acids is 1. The quantitative estimate of drug-likeness (QED) is 0.564. The summed E-state index contributed by atoms with van der Waals surface area (Å²) in [5, 5.41) is 18.9. The van der Waals surface area contributed by atoms with Crippen molar-refractivity contribution in [3.05, 3.63) is 57.6 Å². The van der Waals surface area contributed by atoms with Crippen LogP contribution in [0, 0.1) is 6.92 Å². The molecule has 2 aliphatic heterocycles. The minimum Gasteiger partial charge on any atom is -0.477 e. The molecule has 1 fully saturated rings. The van der Waals surface area contributed by atoms with Crippen molar-refractivity contribution in [3.63, 3.8) is 0 Å². The van der Waals surface area contributed by atoms with Crippen LogP contribution < -0.4 is 15.6 Å². The van der Waals surface area contributed by atoms with E-state index in [1.165, 1.54) is 24.9 Å². The number of pyridine rings is 2. The van der Waals surface area contributed by atoms with Crippen molar-refractivity contribution in [2.75, 3.05) is 30.4 Å². The molecule has 0 radical (unpaired) electrons. The van der Waals surface area contributed by atoms with Crippen molar-refractivity contribution in [2.24, 2.45) is 0 Å². The first-order valence-electron chi connectivity index (χ1n) is 10.6. The number of nitrogens with zero attached hydrogens (tertiary/aromatic N) is 6. The second-order valence-corrected chi connectivity index (χ2v) is 9.41. The number of carboxylic acid groups (broad SMARTS) is 1. The molecule has 3 aromatic heterocycles. The smallest absolute Gasteiger partial charge is 0.341 e. The first kappa shape index (κ1) is 22.0. The maximum Gasteiger partial charge on any atom is 0.341 e. The number of nitrogens with one attached hydrogen (secondary N) is 1. The van der Waals surface area contributed by atoms with E-state index in [9.17, 15) is 19.5 Å². The molecule has 0 spiro atoms. The minimum atomic E-state index is -1.26. The first-order chi connectivity index (χ1) is 16.2. The van der Waals surface area contributed by atoms with Crippen LogP contribution in [0.25, 0.3) is 11.0 Å². The number of carbonyl (C=O) groups excluding carboxylic acids is 1. The van der Waals surface area contributed by atoms with Crippen molar-refractivity contribution < 1.29 is 14.7 Å². The number of aryl methyl sites for hydroxylation is 1. The normalized spacial score (nSPS) is 17.9. The molecule has 176 valence electrons. The van der Waals surface area contributed by atoms with Gasteiger partial charge in [0.15, 0.2) is 5.50 Å². The molecule has 34 heavy (non-hydrogen) atoms. The number of hydrogen-bond acceptors (Lipinski definition) is 8. The Labute approximate surface area is 198 Å². The maximum absolute atomic E-state index is 13.0. The van der Waals surface area contributed by atoms with Crippen LogP contribution in [0.1, 0.15) is 34.4 Å². The van der Waals surface area contributed by atoms with Crippen LogP contribution in [0.15, 0.2) is 41.1 Å². The summed E-state index contributed by atoms with van der Waals surface area (Å²) in [6.07, 6.45) is 6.70. The first-order valence-corrected chi connectivity index (χ1v) is 11.6. The van der Waals surface area contributed by atoms with Crippen LogP contribution in [0.2, 0.25) is 0 Å². The summed E-state index contributed by atoms with van der Waals surface area (Å²) in [4.78, 5) is 44.9. The number of aromatic nitrogens is 4. The molecule has 1 unspecified atom stereocenters. The molecule has 11 nitrogen and oxygen atoms in total. The van der Waals surface area contributed by atoms with E-state index in [0.29, 0.717) is 41.2 Å². The number of aromatic carboxylic acids is 1. The van der Waals surface area contributed by atoms with E-state index in [2.05, 4.69) is 15.3 Å². The standard InChI is InChI=1S/C22H23N7O4S/c1-12-6-17(27-9-15(10-27)29-8-14(7-23-29)24-13(2)30)25-20-18(12)19(31)16(21(32)33)11-28(20)22-26(3)4-5-34-22/h4-8,11,15,22H,9-10H2,1-3H3,(H,24,30)(H,32,33). The van der Waals surface area contributed by atoms with Gasteiger partial charge in [0.1, 0.15) is 17.0 Å². The van der Waals surface area contributed by atoms with Gasteiger partial charge in [0.2, 0.25) is 11.3 Å². The third-order valence-corrected chi connectivity index (χ3v) is 7.05. The highest BCUT2D eigenvalue weighted by molar-refractivity contribution is 8.02. The average Bonchev–Trinajstić information content (AvgIpc) is 3.35. The van der Waals surface area contributed by atoms with Gasteiger partial charge in [0.25, 0.3) is 0 Å². The van der Waals surface area contributed by atoms with Crippen LogP contribution in [-0.2, 0) is 4.79 Å². The monoisotopic (exact) mass is 481 g/mol. The number of rotatable bonds is 5. The van der Waals surface area contributed by atoms with Crippen molar-refractivity contribution in [2.45, 2.75) is 25.4 Å². The zero-order valence-corrected chi connectivity index (χ0v) is 19.6. The van der Waals surface area contributed by atoms with Gasteiger partial charge < -0.3 is 24.8 Å². The summed E-state index contributed by atoms with van der Waals surface area (Å²) < 4.78 is 3.58. The fraction of sp³-hybridized carbons (Fsp3) is 0.318. The number of hydrogen-bond donors (Lipinski definition) is 2. The van der Waals surface area contributed by atoms with Crippen LogP contribution in [0.3, 0.4) is 0 Å². The molecular weight excluding hydrogens is 458 g/mol. The van der Waals surface area contributed by atoms with E-state index in [1.54, 1.807) is 23.9 Å². The lowest BCUT2D eigenvalue weighted by Gasteiger charge is -2.40. The van der Waals surface area contributed by atoms with E-state index in [1.807, 2.05) is 34.3 Å². The van der Waals surface area contributed by atoms with E-state index in [0.717, 1.165) is 0 Å². The highest BCUT2D eigenvalue weighted by atomic mass is 32.2. The van der Waals surface area contributed by atoms with Crippen LogP contribution in [0.5, 0.6) is 0 Å². The van der Waals surface area contributed by atoms with Crippen molar-refractivity contribution in [3.8, 4) is 0 Å². The molecule has 12 heteroatoms. The van der Waals surface area contributed by atoms with Gasteiger partial charge in [-0.2, -0.15) is 5.10 Å². The van der Waals surface area contributed by atoms with E-state index in [-0.39, 0.29) is 23.0 Å². The molecule has 5 heterocycles. The summed E-state index contributed by atoms with van der Waals surface area (Å²) in [5.74, 6) is -0.694. The Kier molecular flexibility index (Phi) is 5.31. The Morgan fingerprint density at radius 1 is 1.26 bits per heavy atom. The summed E-state index contributed by atoms with van der Waals surface area (Å²) >= 11 is 1.51. The number of anilines is 2.